The molecule has 0 N–H and O–H groups in total. The molecule has 0 radical (unpaired) electrons. The van der Waals surface area contributed by atoms with Crippen LogP contribution in [0.4, 0.5) is 0 Å². The molecule has 0 spiro atoms. The molecule has 2 nitrogen and oxygen atoms in total. The second kappa shape index (κ2) is 5.51. The summed E-state index contributed by atoms with van der Waals surface area (Å²) < 4.78 is 11.4. The van der Waals surface area contributed by atoms with Crippen molar-refractivity contribution in [3.05, 3.63) is 33.8 Å². The third kappa shape index (κ3) is 4.09. The van der Waals surface area contributed by atoms with Crippen LogP contribution in [0.1, 0.15) is 31.1 Å². The molecule has 0 aliphatic heterocycles. The van der Waals surface area contributed by atoms with Gasteiger partial charge in [-0.25, -0.2) is 0 Å². The van der Waals surface area contributed by atoms with Crippen LogP contribution in [-0.4, -0.2) is 20.5 Å². The van der Waals surface area contributed by atoms with Crippen LogP contribution < -0.4 is 0 Å². The van der Waals surface area contributed by atoms with E-state index in [-0.39, 0.29) is 11.5 Å². The third-order valence-electron chi connectivity index (χ3n) is 2.19. The van der Waals surface area contributed by atoms with Gasteiger partial charge in [0.1, 0.15) is 0 Å². The summed E-state index contributed by atoms with van der Waals surface area (Å²) in [5.74, 6) is -0.182. The summed E-state index contributed by atoms with van der Waals surface area (Å²) in [4.78, 5) is 11.9. The lowest BCUT2D eigenvalue weighted by molar-refractivity contribution is 0.102. The number of hydrogen-bond donors (Lipinski definition) is 0. The molecule has 0 fully saturated rings. The number of rotatable bonds is 3. The Morgan fingerprint density at radius 2 is 1.82 bits per heavy atom. The maximum atomic E-state index is 11.9. The lowest BCUT2D eigenvalue weighted by atomic mass is 10.1. The van der Waals surface area contributed by atoms with Crippen LogP contribution >= 0.6 is 23.2 Å². The molecule has 0 saturated carbocycles. The monoisotopic (exact) mass is 292 g/mol. The summed E-state index contributed by atoms with van der Waals surface area (Å²) in [6, 6.07) is 4.67. The van der Waals surface area contributed by atoms with Crippen molar-refractivity contribution in [2.24, 2.45) is 0 Å². The highest BCUT2D eigenvalue weighted by molar-refractivity contribution is 7.87. The first kappa shape index (κ1) is 14.7. The fourth-order valence-electron chi connectivity index (χ4n) is 1.09. The second-order valence-corrected chi connectivity index (χ2v) is 7.67. The van der Waals surface area contributed by atoms with Crippen molar-refractivity contribution < 1.29 is 9.00 Å². The summed E-state index contributed by atoms with van der Waals surface area (Å²) in [5, 5.41) is 0.735. The molecule has 1 aromatic rings. The van der Waals surface area contributed by atoms with E-state index in [1.54, 1.807) is 12.1 Å². The number of Topliss-reactive ketones (excluding diaryl/α,β-unsaturated/α-hetero) is 1. The van der Waals surface area contributed by atoms with Crippen LogP contribution in [-0.2, 0) is 10.8 Å². The van der Waals surface area contributed by atoms with E-state index in [4.69, 9.17) is 23.2 Å². The highest BCUT2D eigenvalue weighted by atomic mass is 35.5. The normalized spacial score (nSPS) is 13.5. The molecule has 0 aromatic heterocycles. The first-order valence-corrected chi connectivity index (χ1v) is 7.16. The predicted molar refractivity (Wildman–Crippen MR) is 73.6 cm³/mol. The van der Waals surface area contributed by atoms with E-state index < -0.39 is 15.5 Å². The minimum absolute atomic E-state index is 0.00145. The Hall–Kier alpha value is -0.380. The van der Waals surface area contributed by atoms with Gasteiger partial charge in [0, 0.05) is 21.1 Å². The second-order valence-electron chi connectivity index (χ2n) is 4.65. The summed E-state index contributed by atoms with van der Waals surface area (Å²) >= 11 is 11.6. The Bertz CT molecular complexity index is 464. The summed E-state index contributed by atoms with van der Waals surface area (Å²) in [5.41, 5.74) is 0.442. The molecular weight excluding hydrogens is 279 g/mol. The van der Waals surface area contributed by atoms with Crippen molar-refractivity contribution in [3.63, 3.8) is 0 Å². The minimum atomic E-state index is -1.21. The summed E-state index contributed by atoms with van der Waals surface area (Å²) in [6.45, 7) is 5.52. The molecule has 1 unspecified atom stereocenters. The number of halogens is 2. The zero-order valence-electron chi connectivity index (χ0n) is 9.92. The lowest BCUT2D eigenvalue weighted by Gasteiger charge is -2.16. The molecule has 1 atom stereocenters. The van der Waals surface area contributed by atoms with E-state index in [0.717, 1.165) is 0 Å². The van der Waals surface area contributed by atoms with E-state index >= 15 is 0 Å². The van der Waals surface area contributed by atoms with Crippen LogP contribution in [0.25, 0.3) is 0 Å². The van der Waals surface area contributed by atoms with Crippen molar-refractivity contribution in [1.29, 1.82) is 0 Å². The van der Waals surface area contributed by atoms with Gasteiger partial charge in [0.15, 0.2) is 5.78 Å². The van der Waals surface area contributed by atoms with Gasteiger partial charge in [0.2, 0.25) is 0 Å². The van der Waals surface area contributed by atoms with E-state index in [9.17, 15) is 9.00 Å². The van der Waals surface area contributed by atoms with Crippen molar-refractivity contribution in [2.45, 2.75) is 25.5 Å². The third-order valence-corrected chi connectivity index (χ3v) is 4.82. The Kier molecular flexibility index (Phi) is 4.76. The summed E-state index contributed by atoms with van der Waals surface area (Å²) in [6.07, 6.45) is 0. The zero-order valence-corrected chi connectivity index (χ0v) is 12.2. The molecule has 17 heavy (non-hydrogen) atoms. The first-order chi connectivity index (χ1) is 7.71. The smallest absolute Gasteiger partial charge is 0.175 e. The Morgan fingerprint density at radius 1 is 1.24 bits per heavy atom. The van der Waals surface area contributed by atoms with Gasteiger partial charge >= 0.3 is 0 Å². The molecule has 0 amide bonds. The van der Waals surface area contributed by atoms with Gasteiger partial charge in [-0.15, -0.1) is 0 Å². The molecule has 1 rings (SSSR count). The highest BCUT2D eigenvalue weighted by Gasteiger charge is 2.22. The van der Waals surface area contributed by atoms with Crippen molar-refractivity contribution >= 4 is 39.8 Å². The first-order valence-electron chi connectivity index (χ1n) is 5.08. The standard InChI is InChI=1S/C12H14Cl2O2S/c1-12(2,3)17(16)7-11(15)8-4-5-9(13)10(14)6-8/h4-6H,7H2,1-3H3. The molecule has 0 bridgehead atoms. The van der Waals surface area contributed by atoms with Gasteiger partial charge in [-0.2, -0.15) is 0 Å². The van der Waals surface area contributed by atoms with Gasteiger partial charge in [-0.05, 0) is 39.0 Å². The maximum absolute atomic E-state index is 11.9. The average Bonchev–Trinajstić information content (AvgIpc) is 2.20. The topological polar surface area (TPSA) is 34.1 Å². The molecule has 0 aliphatic rings. The molecule has 5 heteroatoms. The fraction of sp³-hybridized carbons (Fsp3) is 0.417. The number of carbonyl (C=O) groups is 1. The molecule has 94 valence electrons. The largest absolute Gasteiger partial charge is 0.293 e. The summed E-state index contributed by atoms with van der Waals surface area (Å²) in [7, 11) is -1.21. The Morgan fingerprint density at radius 3 is 2.29 bits per heavy atom. The SMILES string of the molecule is CC(C)(C)S(=O)CC(=O)c1ccc(Cl)c(Cl)c1. The quantitative estimate of drug-likeness (QED) is 0.796. The lowest BCUT2D eigenvalue weighted by Crippen LogP contribution is -2.27. The molecule has 1 aromatic carbocycles. The molecule has 0 heterocycles. The average molecular weight is 293 g/mol. The van der Waals surface area contributed by atoms with E-state index in [1.807, 2.05) is 20.8 Å². The Labute approximate surface area is 114 Å². The number of ketones is 1. The predicted octanol–water partition coefficient (Wildman–Crippen LogP) is 3.72. The molecular formula is C12H14Cl2O2S. The Balaban J connectivity index is 2.84. The number of hydrogen-bond acceptors (Lipinski definition) is 2. The van der Waals surface area contributed by atoms with Gasteiger partial charge in [0.05, 0.1) is 15.8 Å². The van der Waals surface area contributed by atoms with Crippen molar-refractivity contribution in [1.82, 2.24) is 0 Å². The van der Waals surface area contributed by atoms with Crippen LogP contribution in [0.2, 0.25) is 10.0 Å². The van der Waals surface area contributed by atoms with Gasteiger partial charge < -0.3 is 0 Å². The van der Waals surface area contributed by atoms with Crippen LogP contribution in [0.5, 0.6) is 0 Å². The maximum Gasteiger partial charge on any atom is 0.175 e. The van der Waals surface area contributed by atoms with Crippen molar-refractivity contribution in [2.75, 3.05) is 5.75 Å². The van der Waals surface area contributed by atoms with Crippen LogP contribution in [0.3, 0.4) is 0 Å². The van der Waals surface area contributed by atoms with Gasteiger partial charge in [-0.1, -0.05) is 23.2 Å². The highest BCUT2D eigenvalue weighted by Crippen LogP contribution is 2.23. The number of benzene rings is 1. The van der Waals surface area contributed by atoms with Gasteiger partial charge in [0.25, 0.3) is 0 Å². The molecule has 0 saturated heterocycles. The zero-order chi connectivity index (χ0) is 13.2. The molecule has 0 aliphatic carbocycles. The van der Waals surface area contributed by atoms with E-state index in [2.05, 4.69) is 0 Å². The van der Waals surface area contributed by atoms with Crippen LogP contribution in [0.15, 0.2) is 18.2 Å². The van der Waals surface area contributed by atoms with E-state index in [1.165, 1.54) is 6.07 Å². The van der Waals surface area contributed by atoms with E-state index in [0.29, 0.717) is 15.6 Å². The van der Waals surface area contributed by atoms with Crippen molar-refractivity contribution in [3.8, 4) is 0 Å². The van der Waals surface area contributed by atoms with Crippen LogP contribution in [0, 0.1) is 0 Å². The minimum Gasteiger partial charge on any atom is -0.293 e. The number of carbonyl (C=O) groups excluding carboxylic acids is 1. The van der Waals surface area contributed by atoms with Gasteiger partial charge in [-0.3, -0.25) is 9.00 Å². The fourth-order valence-corrected chi connectivity index (χ4v) is 2.22.